The maximum Gasteiger partial charge on any atom is 0.00203 e. The Morgan fingerprint density at radius 3 is 2.50 bits per heavy atom. The van der Waals surface area contributed by atoms with E-state index in [0.29, 0.717) is 0 Å². The molecule has 2 atom stereocenters. The zero-order chi connectivity index (χ0) is 9.97. The highest BCUT2D eigenvalue weighted by Crippen LogP contribution is 2.26. The number of hydrogen-bond acceptors (Lipinski definition) is 1. The molecule has 0 aromatic heterocycles. The van der Waals surface area contributed by atoms with Crippen LogP contribution in [0, 0.1) is 12.8 Å². The van der Waals surface area contributed by atoms with Crippen LogP contribution >= 0.6 is 0 Å². The molecule has 0 bridgehead atoms. The van der Waals surface area contributed by atoms with E-state index >= 15 is 0 Å². The predicted molar refractivity (Wildman–Crippen MR) is 60.6 cm³/mol. The van der Waals surface area contributed by atoms with Crippen molar-refractivity contribution in [3.63, 3.8) is 0 Å². The molecule has 0 radical (unpaired) electrons. The third-order valence-electron chi connectivity index (χ3n) is 3.12. The standard InChI is InChI=1S/C13H19N/c1-10-3-5-12(6-4-10)13-7-11(2)8-14-9-13/h3-6,11,13-14H,7-9H2,1-2H3. The first-order valence-electron chi connectivity index (χ1n) is 5.53. The van der Waals surface area contributed by atoms with Crippen LogP contribution in [-0.4, -0.2) is 13.1 Å². The highest BCUT2D eigenvalue weighted by Gasteiger charge is 2.19. The van der Waals surface area contributed by atoms with Gasteiger partial charge in [0, 0.05) is 6.54 Å². The van der Waals surface area contributed by atoms with Gasteiger partial charge in [-0.2, -0.15) is 0 Å². The van der Waals surface area contributed by atoms with Gasteiger partial charge in [-0.1, -0.05) is 36.8 Å². The molecule has 0 saturated carbocycles. The summed E-state index contributed by atoms with van der Waals surface area (Å²) in [6, 6.07) is 8.99. The molecule has 1 aliphatic rings. The van der Waals surface area contributed by atoms with Gasteiger partial charge in [0.2, 0.25) is 0 Å². The van der Waals surface area contributed by atoms with Crippen molar-refractivity contribution in [2.75, 3.05) is 13.1 Å². The molecule has 1 aromatic carbocycles. The van der Waals surface area contributed by atoms with Crippen LogP contribution < -0.4 is 5.32 Å². The van der Waals surface area contributed by atoms with Gasteiger partial charge in [0.05, 0.1) is 0 Å². The first kappa shape index (κ1) is 9.72. The number of hydrogen-bond donors (Lipinski definition) is 1. The minimum atomic E-state index is 0.722. The van der Waals surface area contributed by atoms with E-state index in [-0.39, 0.29) is 0 Å². The fourth-order valence-corrected chi connectivity index (χ4v) is 2.25. The second-order valence-corrected chi connectivity index (χ2v) is 4.61. The maximum atomic E-state index is 3.50. The van der Waals surface area contributed by atoms with Gasteiger partial charge in [0.1, 0.15) is 0 Å². The van der Waals surface area contributed by atoms with Gasteiger partial charge in [0.15, 0.2) is 0 Å². The van der Waals surface area contributed by atoms with Gasteiger partial charge >= 0.3 is 0 Å². The lowest BCUT2D eigenvalue weighted by Crippen LogP contribution is -2.33. The second kappa shape index (κ2) is 4.14. The van der Waals surface area contributed by atoms with Crippen LogP contribution in [0.3, 0.4) is 0 Å². The van der Waals surface area contributed by atoms with Crippen molar-refractivity contribution >= 4 is 0 Å². The Labute approximate surface area is 86.5 Å². The molecule has 14 heavy (non-hydrogen) atoms. The topological polar surface area (TPSA) is 12.0 Å². The van der Waals surface area contributed by atoms with Gasteiger partial charge in [-0.25, -0.2) is 0 Å². The summed E-state index contributed by atoms with van der Waals surface area (Å²) in [5, 5.41) is 3.50. The Balaban J connectivity index is 2.10. The molecule has 1 saturated heterocycles. The average Bonchev–Trinajstić information content (AvgIpc) is 2.19. The van der Waals surface area contributed by atoms with Crippen LogP contribution in [0.2, 0.25) is 0 Å². The van der Waals surface area contributed by atoms with Gasteiger partial charge in [-0.15, -0.1) is 0 Å². The summed E-state index contributed by atoms with van der Waals surface area (Å²) in [5.41, 5.74) is 2.85. The van der Waals surface area contributed by atoms with Crippen molar-refractivity contribution in [3.8, 4) is 0 Å². The largest absolute Gasteiger partial charge is 0.316 e. The van der Waals surface area contributed by atoms with E-state index in [1.807, 2.05) is 0 Å². The summed E-state index contributed by atoms with van der Waals surface area (Å²) in [6.45, 7) is 6.80. The van der Waals surface area contributed by atoms with E-state index in [1.54, 1.807) is 0 Å². The lowest BCUT2D eigenvalue weighted by molar-refractivity contribution is 0.364. The molecule has 1 fully saturated rings. The molecule has 1 aliphatic heterocycles. The number of benzene rings is 1. The Morgan fingerprint density at radius 2 is 1.86 bits per heavy atom. The van der Waals surface area contributed by atoms with Crippen molar-refractivity contribution in [1.29, 1.82) is 0 Å². The summed E-state index contributed by atoms with van der Waals surface area (Å²) in [7, 11) is 0. The molecule has 1 aromatic rings. The minimum Gasteiger partial charge on any atom is -0.316 e. The van der Waals surface area contributed by atoms with Crippen molar-refractivity contribution in [2.24, 2.45) is 5.92 Å². The van der Waals surface area contributed by atoms with E-state index in [1.165, 1.54) is 24.1 Å². The van der Waals surface area contributed by atoms with Gasteiger partial charge in [0.25, 0.3) is 0 Å². The summed E-state index contributed by atoms with van der Waals surface area (Å²) in [4.78, 5) is 0. The quantitative estimate of drug-likeness (QED) is 0.716. The SMILES string of the molecule is Cc1ccc(C2CNCC(C)C2)cc1. The summed E-state index contributed by atoms with van der Waals surface area (Å²) in [5.74, 6) is 1.54. The number of rotatable bonds is 1. The van der Waals surface area contributed by atoms with Crippen molar-refractivity contribution in [2.45, 2.75) is 26.2 Å². The van der Waals surface area contributed by atoms with Crippen LogP contribution in [-0.2, 0) is 0 Å². The van der Waals surface area contributed by atoms with E-state index in [0.717, 1.165) is 18.4 Å². The molecule has 2 unspecified atom stereocenters. The lowest BCUT2D eigenvalue weighted by atomic mass is 9.86. The Hall–Kier alpha value is -0.820. The van der Waals surface area contributed by atoms with Gasteiger partial charge in [-0.3, -0.25) is 0 Å². The van der Waals surface area contributed by atoms with E-state index in [9.17, 15) is 0 Å². The Bertz CT molecular complexity index is 289. The second-order valence-electron chi connectivity index (χ2n) is 4.61. The highest BCUT2D eigenvalue weighted by atomic mass is 14.9. The molecule has 1 nitrogen and oxygen atoms in total. The van der Waals surface area contributed by atoms with Gasteiger partial charge < -0.3 is 5.32 Å². The van der Waals surface area contributed by atoms with Crippen LogP contribution in [0.15, 0.2) is 24.3 Å². The maximum absolute atomic E-state index is 3.50. The van der Waals surface area contributed by atoms with Crippen LogP contribution in [0.4, 0.5) is 0 Å². The fraction of sp³-hybridized carbons (Fsp3) is 0.538. The molecule has 0 amide bonds. The van der Waals surface area contributed by atoms with Crippen molar-refractivity contribution in [3.05, 3.63) is 35.4 Å². The zero-order valence-electron chi connectivity index (χ0n) is 9.09. The molecular weight excluding hydrogens is 170 g/mol. The Morgan fingerprint density at radius 1 is 1.14 bits per heavy atom. The molecule has 0 spiro atoms. The Kier molecular flexibility index (Phi) is 2.87. The fourth-order valence-electron chi connectivity index (χ4n) is 2.25. The zero-order valence-corrected chi connectivity index (χ0v) is 9.09. The average molecular weight is 189 g/mol. The molecular formula is C13H19N. The number of aryl methyl sites for hydroxylation is 1. The minimum absolute atomic E-state index is 0.722. The lowest BCUT2D eigenvalue weighted by Gasteiger charge is -2.28. The van der Waals surface area contributed by atoms with E-state index in [4.69, 9.17) is 0 Å². The molecule has 1 heterocycles. The smallest absolute Gasteiger partial charge is 0.00203 e. The van der Waals surface area contributed by atoms with Crippen molar-refractivity contribution in [1.82, 2.24) is 5.32 Å². The molecule has 0 aliphatic carbocycles. The normalized spacial score (nSPS) is 27.6. The third-order valence-corrected chi connectivity index (χ3v) is 3.12. The van der Waals surface area contributed by atoms with Crippen LogP contribution in [0.25, 0.3) is 0 Å². The summed E-state index contributed by atoms with van der Waals surface area (Å²) < 4.78 is 0. The molecule has 76 valence electrons. The highest BCUT2D eigenvalue weighted by molar-refractivity contribution is 5.25. The van der Waals surface area contributed by atoms with Crippen LogP contribution in [0.1, 0.15) is 30.4 Å². The first-order valence-corrected chi connectivity index (χ1v) is 5.53. The first-order chi connectivity index (χ1) is 6.75. The summed E-state index contributed by atoms with van der Waals surface area (Å²) >= 11 is 0. The monoisotopic (exact) mass is 189 g/mol. The molecule has 2 rings (SSSR count). The predicted octanol–water partition coefficient (Wildman–Crippen LogP) is 2.71. The van der Waals surface area contributed by atoms with Crippen LogP contribution in [0.5, 0.6) is 0 Å². The molecule has 1 heteroatoms. The van der Waals surface area contributed by atoms with Gasteiger partial charge in [-0.05, 0) is 37.3 Å². The van der Waals surface area contributed by atoms with E-state index in [2.05, 4.69) is 43.4 Å². The third kappa shape index (κ3) is 2.16. The van der Waals surface area contributed by atoms with E-state index < -0.39 is 0 Å². The summed E-state index contributed by atoms with van der Waals surface area (Å²) in [6.07, 6.45) is 1.33. The number of piperidine rings is 1. The number of nitrogens with one attached hydrogen (secondary N) is 1. The molecule has 1 N–H and O–H groups in total. The van der Waals surface area contributed by atoms with Crippen molar-refractivity contribution < 1.29 is 0 Å².